The van der Waals surface area contributed by atoms with E-state index in [1.54, 1.807) is 11.3 Å². The fourth-order valence-corrected chi connectivity index (χ4v) is 5.56. The highest BCUT2D eigenvalue weighted by atomic mass is 32.1. The second kappa shape index (κ2) is 8.90. The number of aliphatic imine (C=N–C) groups is 1. The van der Waals surface area contributed by atoms with Crippen molar-refractivity contribution >= 4 is 28.8 Å². The summed E-state index contributed by atoms with van der Waals surface area (Å²) in [6, 6.07) is 2.17. The predicted molar refractivity (Wildman–Crippen MR) is 112 cm³/mol. The number of thiophene rings is 1. The molecule has 1 saturated heterocycles. The molecule has 3 aliphatic rings. The van der Waals surface area contributed by atoms with Crippen LogP contribution in [0.5, 0.6) is 0 Å². The summed E-state index contributed by atoms with van der Waals surface area (Å²) in [5.74, 6) is -0.958. The van der Waals surface area contributed by atoms with Gasteiger partial charge in [-0.05, 0) is 43.7 Å². The summed E-state index contributed by atoms with van der Waals surface area (Å²) >= 11 is 1.64. The smallest absolute Gasteiger partial charge is 0.315 e. The first-order chi connectivity index (χ1) is 14.1. The lowest BCUT2D eigenvalue weighted by Gasteiger charge is -2.33. The summed E-state index contributed by atoms with van der Waals surface area (Å²) in [4.78, 5) is 33.8. The Bertz CT molecular complexity index is 851. The molecule has 0 N–H and O–H groups in total. The summed E-state index contributed by atoms with van der Waals surface area (Å²) < 4.78 is 10.8. The number of ketones is 1. The topological polar surface area (TPSA) is 68.2 Å². The number of carbonyl (C=O) groups excluding carboxylic acids is 2. The van der Waals surface area contributed by atoms with Gasteiger partial charge in [-0.25, -0.2) is 0 Å². The van der Waals surface area contributed by atoms with Gasteiger partial charge in [-0.15, -0.1) is 11.3 Å². The van der Waals surface area contributed by atoms with Crippen LogP contribution in [0.4, 0.5) is 0 Å². The van der Waals surface area contributed by atoms with E-state index in [1.807, 2.05) is 13.8 Å². The molecule has 0 aromatic carbocycles. The third kappa shape index (κ3) is 4.22. The summed E-state index contributed by atoms with van der Waals surface area (Å²) in [5.41, 5.74) is 3.58. The number of ether oxygens (including phenoxy) is 2. The molecule has 1 unspecified atom stereocenters. The molecular weight excluding hydrogens is 388 g/mol. The zero-order valence-electron chi connectivity index (χ0n) is 17.1. The lowest BCUT2D eigenvalue weighted by molar-refractivity contribution is -0.146. The molecule has 4 rings (SSSR count). The van der Waals surface area contributed by atoms with Crippen molar-refractivity contribution in [2.24, 2.45) is 10.9 Å². The average molecular weight is 417 g/mol. The number of morpholine rings is 1. The van der Waals surface area contributed by atoms with Crippen LogP contribution >= 0.6 is 11.3 Å². The van der Waals surface area contributed by atoms with Crippen molar-refractivity contribution in [3.05, 3.63) is 33.2 Å². The lowest BCUT2D eigenvalue weighted by Crippen LogP contribution is -2.37. The van der Waals surface area contributed by atoms with Crippen LogP contribution in [-0.4, -0.2) is 55.3 Å². The van der Waals surface area contributed by atoms with Crippen LogP contribution in [-0.2, 0) is 25.6 Å². The van der Waals surface area contributed by atoms with Gasteiger partial charge in [0.2, 0.25) is 0 Å². The van der Waals surface area contributed by atoms with Crippen molar-refractivity contribution in [1.82, 2.24) is 4.90 Å². The highest BCUT2D eigenvalue weighted by Crippen LogP contribution is 2.45. The Kier molecular flexibility index (Phi) is 6.27. The minimum absolute atomic E-state index is 0.130. The molecular formula is C22H28N2O4S. The summed E-state index contributed by atoms with van der Waals surface area (Å²) in [5, 5.41) is 2.15. The molecule has 1 fully saturated rings. The summed E-state index contributed by atoms with van der Waals surface area (Å²) in [7, 11) is 0. The quantitative estimate of drug-likeness (QED) is 0.689. The zero-order chi connectivity index (χ0) is 20.4. The first kappa shape index (κ1) is 20.4. The molecule has 0 saturated carbocycles. The number of hydrogen-bond acceptors (Lipinski definition) is 7. The molecule has 29 heavy (non-hydrogen) atoms. The number of esters is 1. The molecule has 2 aliphatic heterocycles. The van der Waals surface area contributed by atoms with Crippen LogP contribution in [0.25, 0.3) is 0 Å². The molecule has 7 heteroatoms. The van der Waals surface area contributed by atoms with Crippen molar-refractivity contribution in [3.8, 4) is 0 Å². The van der Waals surface area contributed by atoms with Gasteiger partial charge in [0.1, 0.15) is 5.92 Å². The lowest BCUT2D eigenvalue weighted by atomic mass is 9.74. The third-order valence-corrected chi connectivity index (χ3v) is 6.93. The molecule has 0 radical (unpaired) electrons. The number of hydrogen-bond donors (Lipinski definition) is 0. The highest BCUT2D eigenvalue weighted by molar-refractivity contribution is 7.10. The monoisotopic (exact) mass is 416 g/mol. The third-order valence-electron chi connectivity index (χ3n) is 5.87. The van der Waals surface area contributed by atoms with Crippen LogP contribution in [0.1, 0.15) is 49.5 Å². The van der Waals surface area contributed by atoms with E-state index in [-0.39, 0.29) is 17.7 Å². The van der Waals surface area contributed by atoms with E-state index in [9.17, 15) is 9.59 Å². The van der Waals surface area contributed by atoms with Gasteiger partial charge < -0.3 is 9.47 Å². The normalized spacial score (nSPS) is 25.6. The number of carbonyl (C=O) groups is 2. The predicted octanol–water partition coefficient (Wildman–Crippen LogP) is 3.32. The highest BCUT2D eigenvalue weighted by Gasteiger charge is 2.43. The van der Waals surface area contributed by atoms with Gasteiger partial charge >= 0.3 is 5.97 Å². The van der Waals surface area contributed by atoms with Crippen LogP contribution in [0.3, 0.4) is 0 Å². The molecule has 0 spiro atoms. The van der Waals surface area contributed by atoms with Gasteiger partial charge in [-0.3, -0.25) is 19.5 Å². The number of Topliss-reactive ketones (excluding diaryl/α,β-unsaturated/α-hetero) is 1. The second-order valence-corrected chi connectivity index (χ2v) is 8.79. The number of rotatable bonds is 5. The summed E-state index contributed by atoms with van der Waals surface area (Å²) in [6.07, 6.45) is 2.17. The van der Waals surface area contributed by atoms with Gasteiger partial charge in [-0.1, -0.05) is 0 Å². The van der Waals surface area contributed by atoms with Gasteiger partial charge in [0, 0.05) is 53.8 Å². The average Bonchev–Trinajstić information content (AvgIpc) is 3.16. The van der Waals surface area contributed by atoms with Crippen LogP contribution in [0.2, 0.25) is 0 Å². The van der Waals surface area contributed by atoms with E-state index in [0.717, 1.165) is 67.5 Å². The minimum Gasteiger partial charge on any atom is -0.465 e. The minimum atomic E-state index is -0.523. The fraction of sp³-hybridized carbons (Fsp3) is 0.591. The standard InChI is InChI=1S/C22H28N2O4S/c1-3-28-22(26)19-14(2)23-16-5-4-6-17(25)20(16)21(19)18-11-15(13-29-18)12-24-7-9-27-10-8-24/h11,13,19,21H,3-10,12H2,1-2H3/t19?,21-/m1/s1. The van der Waals surface area contributed by atoms with Crippen LogP contribution in [0, 0.1) is 5.92 Å². The van der Waals surface area contributed by atoms with Crippen molar-refractivity contribution in [2.75, 3.05) is 32.9 Å². The molecule has 0 bridgehead atoms. The van der Waals surface area contributed by atoms with Gasteiger partial charge in [0.15, 0.2) is 5.78 Å². The fourth-order valence-electron chi connectivity index (χ4n) is 4.51. The van der Waals surface area contributed by atoms with Crippen molar-refractivity contribution in [3.63, 3.8) is 0 Å². The van der Waals surface area contributed by atoms with Gasteiger partial charge in [0.05, 0.1) is 19.8 Å². The Morgan fingerprint density at radius 1 is 1.34 bits per heavy atom. The molecule has 1 aliphatic carbocycles. The van der Waals surface area contributed by atoms with E-state index < -0.39 is 5.92 Å². The van der Waals surface area contributed by atoms with Crippen LogP contribution in [0.15, 0.2) is 27.7 Å². The largest absolute Gasteiger partial charge is 0.465 e. The van der Waals surface area contributed by atoms with E-state index in [0.29, 0.717) is 13.0 Å². The van der Waals surface area contributed by atoms with E-state index in [2.05, 4.69) is 21.3 Å². The Morgan fingerprint density at radius 3 is 2.90 bits per heavy atom. The van der Waals surface area contributed by atoms with E-state index in [4.69, 9.17) is 9.47 Å². The maximum atomic E-state index is 12.9. The molecule has 6 nitrogen and oxygen atoms in total. The van der Waals surface area contributed by atoms with Gasteiger partial charge in [-0.2, -0.15) is 0 Å². The second-order valence-electron chi connectivity index (χ2n) is 7.84. The Balaban J connectivity index is 1.67. The Hall–Kier alpha value is -1.83. The Labute approximate surface area is 175 Å². The van der Waals surface area contributed by atoms with Gasteiger partial charge in [0.25, 0.3) is 0 Å². The summed E-state index contributed by atoms with van der Waals surface area (Å²) in [6.45, 7) is 8.28. The SMILES string of the molecule is CCOC(=O)C1C(C)=NC2=C(C(=O)CCC2)[C@@H]1c1cc(CN2CCOCC2)cs1. The maximum Gasteiger partial charge on any atom is 0.315 e. The van der Waals surface area contributed by atoms with Crippen molar-refractivity contribution < 1.29 is 19.1 Å². The molecule has 1 aromatic rings. The molecule has 3 heterocycles. The van der Waals surface area contributed by atoms with E-state index in [1.165, 1.54) is 5.56 Å². The molecule has 0 amide bonds. The zero-order valence-corrected chi connectivity index (χ0v) is 17.9. The molecule has 156 valence electrons. The number of allylic oxidation sites excluding steroid dienone is 2. The molecule has 2 atom stereocenters. The maximum absolute atomic E-state index is 12.9. The first-order valence-corrected chi connectivity index (χ1v) is 11.3. The first-order valence-electron chi connectivity index (χ1n) is 10.4. The van der Waals surface area contributed by atoms with Crippen molar-refractivity contribution in [2.45, 2.75) is 45.6 Å². The molecule has 1 aromatic heterocycles. The van der Waals surface area contributed by atoms with Crippen LogP contribution < -0.4 is 0 Å². The van der Waals surface area contributed by atoms with E-state index >= 15 is 0 Å². The van der Waals surface area contributed by atoms with Crippen molar-refractivity contribution in [1.29, 1.82) is 0 Å². The number of nitrogens with zero attached hydrogens (tertiary/aromatic N) is 2. The Morgan fingerprint density at radius 2 is 2.14 bits per heavy atom.